The second-order valence-corrected chi connectivity index (χ2v) is 6.67. The summed E-state index contributed by atoms with van der Waals surface area (Å²) in [5.41, 5.74) is 10.3. The standard InChI is InChI=1S/C16H29N3/c1-10-6-7-14(8-11(10)2)16(17)9-15-12(3)18-19(5)13(15)4/h10-11,14,16H,6-9,17H2,1-5H3. The normalized spacial score (nSPS) is 29.5. The third-order valence-corrected chi connectivity index (χ3v) is 5.34. The molecule has 1 aromatic rings. The number of hydrogen-bond acceptors (Lipinski definition) is 2. The number of aromatic nitrogens is 2. The van der Waals surface area contributed by atoms with Crippen LogP contribution < -0.4 is 5.73 Å². The summed E-state index contributed by atoms with van der Waals surface area (Å²) in [5, 5.41) is 4.50. The highest BCUT2D eigenvalue weighted by molar-refractivity contribution is 5.25. The molecule has 2 rings (SSSR count). The van der Waals surface area contributed by atoms with E-state index in [0.717, 1.165) is 24.0 Å². The van der Waals surface area contributed by atoms with Crippen LogP contribution >= 0.6 is 0 Å². The van der Waals surface area contributed by atoms with Crippen LogP contribution in [0.4, 0.5) is 0 Å². The van der Waals surface area contributed by atoms with Crippen LogP contribution in [-0.2, 0) is 13.5 Å². The van der Waals surface area contributed by atoms with Crippen LogP contribution in [0.15, 0.2) is 0 Å². The molecule has 1 saturated carbocycles. The molecule has 2 N–H and O–H groups in total. The summed E-state index contributed by atoms with van der Waals surface area (Å²) in [5.74, 6) is 2.37. The van der Waals surface area contributed by atoms with Gasteiger partial charge >= 0.3 is 0 Å². The second-order valence-electron chi connectivity index (χ2n) is 6.67. The van der Waals surface area contributed by atoms with Crippen molar-refractivity contribution < 1.29 is 0 Å². The van der Waals surface area contributed by atoms with Crippen LogP contribution in [0.5, 0.6) is 0 Å². The van der Waals surface area contributed by atoms with Gasteiger partial charge in [0.2, 0.25) is 0 Å². The first-order valence-corrected chi connectivity index (χ1v) is 7.64. The van der Waals surface area contributed by atoms with E-state index < -0.39 is 0 Å². The van der Waals surface area contributed by atoms with E-state index in [-0.39, 0.29) is 6.04 Å². The Bertz CT molecular complexity index is 435. The fourth-order valence-electron chi connectivity index (χ4n) is 3.49. The smallest absolute Gasteiger partial charge is 0.0628 e. The van der Waals surface area contributed by atoms with Crippen LogP contribution in [0.25, 0.3) is 0 Å². The molecule has 0 aliphatic heterocycles. The predicted molar refractivity (Wildman–Crippen MR) is 80.0 cm³/mol. The van der Waals surface area contributed by atoms with Gasteiger partial charge in [0.15, 0.2) is 0 Å². The van der Waals surface area contributed by atoms with E-state index >= 15 is 0 Å². The Morgan fingerprint density at radius 3 is 2.47 bits per heavy atom. The van der Waals surface area contributed by atoms with Gasteiger partial charge in [0.05, 0.1) is 5.69 Å². The molecule has 0 amide bonds. The van der Waals surface area contributed by atoms with Crippen LogP contribution in [0.2, 0.25) is 0 Å². The first-order chi connectivity index (χ1) is 8.90. The lowest BCUT2D eigenvalue weighted by Gasteiger charge is -2.35. The van der Waals surface area contributed by atoms with Crippen molar-refractivity contribution in [2.24, 2.45) is 30.5 Å². The lowest BCUT2D eigenvalue weighted by molar-refractivity contribution is 0.185. The van der Waals surface area contributed by atoms with Crippen molar-refractivity contribution in [3.63, 3.8) is 0 Å². The third-order valence-electron chi connectivity index (χ3n) is 5.34. The topological polar surface area (TPSA) is 43.8 Å². The molecule has 108 valence electrons. The molecule has 1 heterocycles. The molecule has 1 aliphatic rings. The molecular weight excluding hydrogens is 234 g/mol. The van der Waals surface area contributed by atoms with E-state index in [1.54, 1.807) is 0 Å². The fourth-order valence-corrected chi connectivity index (χ4v) is 3.49. The minimum atomic E-state index is 0.288. The van der Waals surface area contributed by atoms with Gasteiger partial charge in [-0.2, -0.15) is 5.10 Å². The minimum absolute atomic E-state index is 0.288. The van der Waals surface area contributed by atoms with E-state index in [1.807, 2.05) is 11.7 Å². The van der Waals surface area contributed by atoms with E-state index in [2.05, 4.69) is 32.8 Å². The molecule has 1 aromatic heterocycles. The number of hydrogen-bond donors (Lipinski definition) is 1. The van der Waals surface area contributed by atoms with E-state index in [4.69, 9.17) is 5.73 Å². The van der Waals surface area contributed by atoms with Crippen molar-refractivity contribution >= 4 is 0 Å². The van der Waals surface area contributed by atoms with Crippen LogP contribution in [-0.4, -0.2) is 15.8 Å². The molecule has 0 spiro atoms. The summed E-state index contributed by atoms with van der Waals surface area (Å²) >= 11 is 0. The molecule has 3 heteroatoms. The molecule has 1 fully saturated rings. The van der Waals surface area contributed by atoms with Crippen LogP contribution in [0.1, 0.15) is 50.1 Å². The average Bonchev–Trinajstić information content (AvgIpc) is 2.59. The zero-order valence-electron chi connectivity index (χ0n) is 13.1. The Kier molecular flexibility index (Phi) is 4.34. The van der Waals surface area contributed by atoms with Gasteiger partial charge in [0, 0.05) is 18.8 Å². The molecule has 1 aliphatic carbocycles. The molecule has 4 unspecified atom stereocenters. The Morgan fingerprint density at radius 2 is 1.95 bits per heavy atom. The van der Waals surface area contributed by atoms with Crippen molar-refractivity contribution in [3.8, 4) is 0 Å². The number of rotatable bonds is 3. The van der Waals surface area contributed by atoms with Crippen molar-refractivity contribution in [1.29, 1.82) is 0 Å². The quantitative estimate of drug-likeness (QED) is 0.911. The van der Waals surface area contributed by atoms with Gasteiger partial charge in [-0.15, -0.1) is 0 Å². The zero-order chi connectivity index (χ0) is 14.2. The summed E-state index contributed by atoms with van der Waals surface area (Å²) in [4.78, 5) is 0. The molecule has 4 atom stereocenters. The molecular formula is C16H29N3. The lowest BCUT2D eigenvalue weighted by atomic mass is 9.72. The number of nitrogens with zero attached hydrogens (tertiary/aromatic N) is 2. The fraction of sp³-hybridized carbons (Fsp3) is 0.812. The molecule has 0 radical (unpaired) electrons. The Hall–Kier alpha value is -0.830. The molecule has 0 aromatic carbocycles. The maximum absolute atomic E-state index is 6.50. The molecule has 0 bridgehead atoms. The number of aryl methyl sites for hydroxylation is 2. The van der Waals surface area contributed by atoms with Crippen LogP contribution in [0.3, 0.4) is 0 Å². The van der Waals surface area contributed by atoms with Gasteiger partial charge in [-0.1, -0.05) is 20.3 Å². The first-order valence-electron chi connectivity index (χ1n) is 7.64. The molecule has 0 saturated heterocycles. The van der Waals surface area contributed by atoms with Gasteiger partial charge in [-0.3, -0.25) is 4.68 Å². The number of nitrogens with two attached hydrogens (primary N) is 1. The zero-order valence-corrected chi connectivity index (χ0v) is 13.1. The summed E-state index contributed by atoms with van der Waals surface area (Å²) in [6.07, 6.45) is 4.91. The Labute approximate surface area is 117 Å². The van der Waals surface area contributed by atoms with E-state index in [9.17, 15) is 0 Å². The van der Waals surface area contributed by atoms with Gasteiger partial charge in [0.25, 0.3) is 0 Å². The summed E-state index contributed by atoms with van der Waals surface area (Å²) < 4.78 is 1.98. The minimum Gasteiger partial charge on any atom is -0.327 e. The SMILES string of the molecule is Cc1nn(C)c(C)c1CC(N)C1CCC(C)C(C)C1. The van der Waals surface area contributed by atoms with Gasteiger partial charge < -0.3 is 5.73 Å². The third kappa shape index (κ3) is 3.02. The summed E-state index contributed by atoms with van der Waals surface area (Å²) in [6, 6.07) is 0.288. The van der Waals surface area contributed by atoms with Crippen LogP contribution in [0, 0.1) is 31.6 Å². The highest BCUT2D eigenvalue weighted by Crippen LogP contribution is 2.35. The van der Waals surface area contributed by atoms with Crippen molar-refractivity contribution in [2.75, 3.05) is 0 Å². The molecule has 3 nitrogen and oxygen atoms in total. The van der Waals surface area contributed by atoms with E-state index in [1.165, 1.54) is 30.5 Å². The lowest BCUT2D eigenvalue weighted by Crippen LogP contribution is -2.37. The Balaban J connectivity index is 2.03. The monoisotopic (exact) mass is 263 g/mol. The second kappa shape index (κ2) is 5.66. The van der Waals surface area contributed by atoms with E-state index in [0.29, 0.717) is 5.92 Å². The highest BCUT2D eigenvalue weighted by atomic mass is 15.3. The van der Waals surface area contributed by atoms with Crippen molar-refractivity contribution in [1.82, 2.24) is 9.78 Å². The first kappa shape index (κ1) is 14.6. The Morgan fingerprint density at radius 1 is 1.26 bits per heavy atom. The van der Waals surface area contributed by atoms with Gasteiger partial charge in [-0.05, 0) is 56.4 Å². The molecule has 19 heavy (non-hydrogen) atoms. The maximum atomic E-state index is 6.50. The average molecular weight is 263 g/mol. The van der Waals surface area contributed by atoms with Gasteiger partial charge in [0.1, 0.15) is 0 Å². The summed E-state index contributed by atoms with van der Waals surface area (Å²) in [7, 11) is 2.02. The predicted octanol–water partition coefficient (Wildman–Crippen LogP) is 2.98. The maximum Gasteiger partial charge on any atom is 0.0628 e. The largest absolute Gasteiger partial charge is 0.327 e. The summed E-state index contributed by atoms with van der Waals surface area (Å²) in [6.45, 7) is 9.00. The highest BCUT2D eigenvalue weighted by Gasteiger charge is 2.29. The van der Waals surface area contributed by atoms with Crippen molar-refractivity contribution in [2.45, 2.75) is 59.4 Å². The van der Waals surface area contributed by atoms with Gasteiger partial charge in [-0.25, -0.2) is 0 Å². The van der Waals surface area contributed by atoms with Crippen molar-refractivity contribution in [3.05, 3.63) is 17.0 Å².